The maximum atomic E-state index is 5.78. The van der Waals surface area contributed by atoms with E-state index in [1.807, 2.05) is 6.33 Å². The summed E-state index contributed by atoms with van der Waals surface area (Å²) in [5.41, 5.74) is 7.33. The van der Waals surface area contributed by atoms with E-state index in [0.29, 0.717) is 11.3 Å². The zero-order valence-electron chi connectivity index (χ0n) is 12.5. The Labute approximate surface area is 131 Å². The summed E-state index contributed by atoms with van der Waals surface area (Å²) < 4.78 is 2.07. The monoisotopic (exact) mass is 307 g/mol. The Morgan fingerprint density at radius 1 is 0.905 bits per heavy atom. The summed E-state index contributed by atoms with van der Waals surface area (Å²) in [6, 6.07) is 0. The molecule has 0 saturated carbocycles. The molecule has 116 valence electrons. The van der Waals surface area contributed by atoms with Crippen molar-refractivity contribution < 1.29 is 0 Å². The standard InChI is InChI=1S/C15H25N5S/c16-14-13-15(18-11-17-14)20(12-19-13)9-7-5-3-1-2-4-6-8-10-21/h11-12,21H,1-10H2,(H2,16,17,18). The fourth-order valence-electron chi connectivity index (χ4n) is 2.52. The number of anilines is 1. The van der Waals surface area contributed by atoms with E-state index in [0.717, 1.165) is 24.4 Å². The third kappa shape index (κ3) is 4.88. The van der Waals surface area contributed by atoms with Crippen LogP contribution in [0.15, 0.2) is 12.7 Å². The number of unbranched alkanes of at least 4 members (excludes halogenated alkanes) is 7. The lowest BCUT2D eigenvalue weighted by atomic mass is 10.1. The summed E-state index contributed by atoms with van der Waals surface area (Å²) in [5, 5.41) is 0. The van der Waals surface area contributed by atoms with E-state index < -0.39 is 0 Å². The molecule has 0 atom stereocenters. The molecule has 0 saturated heterocycles. The van der Waals surface area contributed by atoms with Crippen LogP contribution in [0.2, 0.25) is 0 Å². The Morgan fingerprint density at radius 2 is 1.57 bits per heavy atom. The minimum Gasteiger partial charge on any atom is -0.382 e. The number of nitrogens with zero attached hydrogens (tertiary/aromatic N) is 4. The number of hydrogen-bond donors (Lipinski definition) is 2. The molecule has 6 heteroatoms. The van der Waals surface area contributed by atoms with Gasteiger partial charge in [-0.15, -0.1) is 0 Å². The quantitative estimate of drug-likeness (QED) is 0.521. The van der Waals surface area contributed by atoms with Crippen molar-refractivity contribution in [2.45, 2.75) is 57.9 Å². The van der Waals surface area contributed by atoms with Gasteiger partial charge < -0.3 is 10.3 Å². The van der Waals surface area contributed by atoms with E-state index in [1.165, 1.54) is 51.3 Å². The van der Waals surface area contributed by atoms with E-state index in [4.69, 9.17) is 5.73 Å². The Hall–Kier alpha value is -1.30. The van der Waals surface area contributed by atoms with Crippen LogP contribution in [0.25, 0.3) is 11.2 Å². The first-order chi connectivity index (χ1) is 10.3. The van der Waals surface area contributed by atoms with Crippen LogP contribution in [0.3, 0.4) is 0 Å². The molecule has 5 nitrogen and oxygen atoms in total. The predicted octanol–water partition coefficient (Wildman–Crippen LogP) is 3.46. The second-order valence-electron chi connectivity index (χ2n) is 5.42. The molecule has 0 aromatic carbocycles. The van der Waals surface area contributed by atoms with Crippen LogP contribution in [0.4, 0.5) is 5.82 Å². The van der Waals surface area contributed by atoms with Crippen LogP contribution in [0.1, 0.15) is 51.4 Å². The van der Waals surface area contributed by atoms with E-state index in [9.17, 15) is 0 Å². The van der Waals surface area contributed by atoms with Crippen LogP contribution < -0.4 is 5.73 Å². The van der Waals surface area contributed by atoms with Gasteiger partial charge in [0.1, 0.15) is 11.8 Å². The van der Waals surface area contributed by atoms with Crippen molar-refractivity contribution in [1.29, 1.82) is 0 Å². The zero-order chi connectivity index (χ0) is 14.9. The second kappa shape index (κ2) is 8.87. The molecule has 0 aliphatic carbocycles. The smallest absolute Gasteiger partial charge is 0.165 e. The Balaban J connectivity index is 1.63. The van der Waals surface area contributed by atoms with Crippen LogP contribution in [-0.2, 0) is 6.54 Å². The lowest BCUT2D eigenvalue weighted by molar-refractivity contribution is 0.547. The molecule has 0 fully saturated rings. The number of imidazole rings is 1. The number of nitrogen functional groups attached to an aromatic ring is 1. The first kappa shape index (κ1) is 16.1. The number of aryl methyl sites for hydroxylation is 1. The first-order valence-electron chi connectivity index (χ1n) is 7.85. The summed E-state index contributed by atoms with van der Waals surface area (Å²) in [7, 11) is 0. The molecule has 2 aromatic heterocycles. The topological polar surface area (TPSA) is 69.6 Å². The van der Waals surface area contributed by atoms with Crippen LogP contribution in [0.5, 0.6) is 0 Å². The Bertz CT molecular complexity index is 540. The summed E-state index contributed by atoms with van der Waals surface area (Å²) in [5.74, 6) is 1.48. The highest BCUT2D eigenvalue weighted by atomic mass is 32.1. The molecule has 2 aromatic rings. The minimum atomic E-state index is 0.458. The van der Waals surface area contributed by atoms with E-state index in [-0.39, 0.29) is 0 Å². The van der Waals surface area contributed by atoms with Gasteiger partial charge in [-0.05, 0) is 18.6 Å². The summed E-state index contributed by atoms with van der Waals surface area (Å²) >= 11 is 4.23. The molecular formula is C15H25N5S. The molecule has 0 radical (unpaired) electrons. The lowest BCUT2D eigenvalue weighted by Crippen LogP contribution is -1.99. The molecule has 0 amide bonds. The van der Waals surface area contributed by atoms with Gasteiger partial charge in [0.05, 0.1) is 6.33 Å². The molecule has 0 unspecified atom stereocenters. The van der Waals surface area contributed by atoms with Gasteiger partial charge in [0.15, 0.2) is 11.5 Å². The predicted molar refractivity (Wildman–Crippen MR) is 90.5 cm³/mol. The Morgan fingerprint density at radius 3 is 2.29 bits per heavy atom. The van der Waals surface area contributed by atoms with E-state index in [2.05, 4.69) is 32.1 Å². The fraction of sp³-hybridized carbons (Fsp3) is 0.667. The van der Waals surface area contributed by atoms with Gasteiger partial charge in [-0.1, -0.05) is 38.5 Å². The molecular weight excluding hydrogens is 282 g/mol. The summed E-state index contributed by atoms with van der Waals surface area (Å²) in [4.78, 5) is 12.5. The highest BCUT2D eigenvalue weighted by molar-refractivity contribution is 7.80. The van der Waals surface area contributed by atoms with Crippen molar-refractivity contribution in [1.82, 2.24) is 19.5 Å². The average molecular weight is 307 g/mol. The molecule has 2 rings (SSSR count). The van der Waals surface area contributed by atoms with Crippen molar-refractivity contribution in [3.8, 4) is 0 Å². The van der Waals surface area contributed by atoms with E-state index in [1.54, 1.807) is 0 Å². The number of hydrogen-bond acceptors (Lipinski definition) is 5. The van der Waals surface area contributed by atoms with Gasteiger partial charge in [-0.2, -0.15) is 12.6 Å². The summed E-state index contributed by atoms with van der Waals surface area (Å²) in [6.45, 7) is 0.951. The third-order valence-electron chi connectivity index (χ3n) is 3.74. The van der Waals surface area contributed by atoms with Gasteiger partial charge >= 0.3 is 0 Å². The number of thiol groups is 1. The van der Waals surface area contributed by atoms with Gasteiger partial charge in [0, 0.05) is 6.54 Å². The van der Waals surface area contributed by atoms with Crippen molar-refractivity contribution in [3.63, 3.8) is 0 Å². The van der Waals surface area contributed by atoms with Crippen LogP contribution in [0, 0.1) is 0 Å². The van der Waals surface area contributed by atoms with Crippen molar-refractivity contribution in [3.05, 3.63) is 12.7 Å². The number of nitrogens with two attached hydrogens (primary N) is 1. The molecule has 21 heavy (non-hydrogen) atoms. The molecule has 0 spiro atoms. The number of fused-ring (bicyclic) bond motifs is 1. The molecule has 0 bridgehead atoms. The van der Waals surface area contributed by atoms with Gasteiger partial charge in [-0.25, -0.2) is 15.0 Å². The average Bonchev–Trinajstić information content (AvgIpc) is 2.90. The molecule has 2 heterocycles. The normalized spacial score (nSPS) is 11.3. The number of aromatic nitrogens is 4. The highest BCUT2D eigenvalue weighted by Crippen LogP contribution is 2.15. The minimum absolute atomic E-state index is 0.458. The second-order valence-corrected chi connectivity index (χ2v) is 5.87. The fourth-order valence-corrected chi connectivity index (χ4v) is 2.74. The van der Waals surface area contributed by atoms with E-state index >= 15 is 0 Å². The van der Waals surface area contributed by atoms with Crippen LogP contribution >= 0.6 is 12.6 Å². The van der Waals surface area contributed by atoms with Gasteiger partial charge in [-0.3, -0.25) is 0 Å². The molecule has 0 aliphatic rings. The SMILES string of the molecule is Nc1ncnc2c1ncn2CCCCCCCCCCS. The maximum Gasteiger partial charge on any atom is 0.165 e. The summed E-state index contributed by atoms with van der Waals surface area (Å²) in [6.07, 6.45) is 13.7. The van der Waals surface area contributed by atoms with Crippen molar-refractivity contribution in [2.24, 2.45) is 0 Å². The highest BCUT2D eigenvalue weighted by Gasteiger charge is 2.06. The van der Waals surface area contributed by atoms with Gasteiger partial charge in [0.2, 0.25) is 0 Å². The zero-order valence-corrected chi connectivity index (χ0v) is 13.4. The molecule has 2 N–H and O–H groups in total. The molecule has 0 aliphatic heterocycles. The van der Waals surface area contributed by atoms with Crippen molar-refractivity contribution >= 4 is 29.6 Å². The van der Waals surface area contributed by atoms with Crippen molar-refractivity contribution in [2.75, 3.05) is 11.5 Å². The van der Waals surface area contributed by atoms with Crippen LogP contribution in [-0.4, -0.2) is 25.3 Å². The maximum absolute atomic E-state index is 5.78. The van der Waals surface area contributed by atoms with Gasteiger partial charge in [0.25, 0.3) is 0 Å². The number of rotatable bonds is 10. The first-order valence-corrected chi connectivity index (χ1v) is 8.48. The third-order valence-corrected chi connectivity index (χ3v) is 4.05. The largest absolute Gasteiger partial charge is 0.382 e. The lowest BCUT2D eigenvalue weighted by Gasteiger charge is -2.04. The Kier molecular flexibility index (Phi) is 6.79.